The number of aryl methyl sites for hydroxylation is 2. The van der Waals surface area contributed by atoms with E-state index >= 15 is 0 Å². The Morgan fingerprint density at radius 1 is 0.600 bits per heavy atom. The number of amidine groups is 2. The van der Waals surface area contributed by atoms with Crippen LogP contribution < -0.4 is 10.9 Å². The zero-order valence-electron chi connectivity index (χ0n) is 11.5. The van der Waals surface area contributed by atoms with Crippen LogP contribution in [0.3, 0.4) is 0 Å². The molecule has 2 aromatic rings. The van der Waals surface area contributed by atoms with Crippen LogP contribution in [0, 0.1) is 13.8 Å². The molecule has 0 radical (unpaired) electrons. The molecule has 0 aliphatic carbocycles. The third-order valence-corrected chi connectivity index (χ3v) is 3.20. The minimum atomic E-state index is 0.723. The molecule has 4 heteroatoms. The summed E-state index contributed by atoms with van der Waals surface area (Å²) in [5, 5.41) is 8.67. The third-order valence-electron chi connectivity index (χ3n) is 3.20. The van der Waals surface area contributed by atoms with Gasteiger partial charge in [0.2, 0.25) is 0 Å². The van der Waals surface area contributed by atoms with E-state index in [2.05, 4.69) is 59.2 Å². The van der Waals surface area contributed by atoms with Crippen LogP contribution in [-0.2, 0) is 0 Å². The van der Waals surface area contributed by atoms with Crippen molar-refractivity contribution in [1.29, 1.82) is 0 Å². The molecule has 0 unspecified atom stereocenters. The summed E-state index contributed by atoms with van der Waals surface area (Å²) in [6, 6.07) is 16.3. The van der Waals surface area contributed by atoms with E-state index < -0.39 is 0 Å². The topological polar surface area (TPSA) is 48.8 Å². The van der Waals surface area contributed by atoms with Crippen molar-refractivity contribution in [2.75, 3.05) is 0 Å². The smallest absolute Gasteiger partial charge is 0.173 e. The molecule has 0 saturated heterocycles. The zero-order valence-corrected chi connectivity index (χ0v) is 11.5. The van der Waals surface area contributed by atoms with Crippen LogP contribution in [0.5, 0.6) is 0 Å². The van der Waals surface area contributed by atoms with Gasteiger partial charge in [-0.3, -0.25) is 10.9 Å². The Balaban J connectivity index is 1.77. The molecule has 0 aromatic heterocycles. The molecule has 4 nitrogen and oxygen atoms in total. The van der Waals surface area contributed by atoms with Crippen LogP contribution in [0.1, 0.15) is 22.3 Å². The van der Waals surface area contributed by atoms with Crippen LogP contribution in [-0.4, -0.2) is 11.7 Å². The predicted molar refractivity (Wildman–Crippen MR) is 81.7 cm³/mol. The number of nitrogens with one attached hydrogen (secondary N) is 2. The predicted octanol–water partition coefficient (Wildman–Crippen LogP) is 2.52. The number of benzene rings is 2. The van der Waals surface area contributed by atoms with Gasteiger partial charge in [-0.1, -0.05) is 59.7 Å². The lowest BCUT2D eigenvalue weighted by Gasteiger charge is -2.15. The van der Waals surface area contributed by atoms with Gasteiger partial charge in [-0.05, 0) is 13.8 Å². The van der Waals surface area contributed by atoms with Gasteiger partial charge in [-0.2, -0.15) is 10.2 Å². The Morgan fingerprint density at radius 3 is 1.25 bits per heavy atom. The summed E-state index contributed by atoms with van der Waals surface area (Å²) in [4.78, 5) is 0. The fourth-order valence-electron chi connectivity index (χ4n) is 1.95. The van der Waals surface area contributed by atoms with Gasteiger partial charge >= 0.3 is 0 Å². The van der Waals surface area contributed by atoms with Crippen molar-refractivity contribution in [3.63, 3.8) is 0 Å². The molecule has 0 atom stereocenters. The highest BCUT2D eigenvalue weighted by atomic mass is 15.5. The van der Waals surface area contributed by atoms with Gasteiger partial charge in [0, 0.05) is 11.1 Å². The molecule has 0 spiro atoms. The van der Waals surface area contributed by atoms with Crippen molar-refractivity contribution in [2.45, 2.75) is 13.8 Å². The lowest BCUT2D eigenvalue weighted by Crippen LogP contribution is -2.34. The molecule has 1 aliphatic heterocycles. The maximum Gasteiger partial charge on any atom is 0.173 e. The van der Waals surface area contributed by atoms with Gasteiger partial charge in [0.05, 0.1) is 0 Å². The van der Waals surface area contributed by atoms with Gasteiger partial charge in [-0.25, -0.2) is 0 Å². The van der Waals surface area contributed by atoms with Crippen molar-refractivity contribution in [2.24, 2.45) is 10.2 Å². The minimum absolute atomic E-state index is 0.723. The standard InChI is InChI=1S/C16H16N4/c1-11-3-7-13(8-4-11)15-17-19-16(20-18-15)14-9-5-12(2)6-10-14/h3-10H,1-2H3,(H,17,18)(H,19,20). The summed E-state index contributed by atoms with van der Waals surface area (Å²) < 4.78 is 0. The monoisotopic (exact) mass is 264 g/mol. The molecule has 100 valence electrons. The van der Waals surface area contributed by atoms with Crippen molar-refractivity contribution in [3.8, 4) is 0 Å². The van der Waals surface area contributed by atoms with Crippen molar-refractivity contribution in [1.82, 2.24) is 10.9 Å². The van der Waals surface area contributed by atoms with Gasteiger partial charge in [0.15, 0.2) is 11.7 Å². The van der Waals surface area contributed by atoms with Crippen molar-refractivity contribution in [3.05, 3.63) is 70.8 Å². The molecule has 3 rings (SSSR count). The lowest BCUT2D eigenvalue weighted by molar-refractivity contribution is 0.883. The first-order valence-electron chi connectivity index (χ1n) is 6.54. The maximum absolute atomic E-state index is 4.33. The molecule has 0 bridgehead atoms. The molecule has 1 aliphatic rings. The Bertz CT molecular complexity index is 605. The maximum atomic E-state index is 4.33. The first-order chi connectivity index (χ1) is 9.72. The van der Waals surface area contributed by atoms with E-state index in [0.717, 1.165) is 22.8 Å². The molecule has 20 heavy (non-hydrogen) atoms. The molecular weight excluding hydrogens is 248 g/mol. The third kappa shape index (κ3) is 2.54. The highest BCUT2D eigenvalue weighted by Gasteiger charge is 2.10. The molecule has 1 heterocycles. The Morgan fingerprint density at radius 2 is 0.950 bits per heavy atom. The van der Waals surface area contributed by atoms with Crippen LogP contribution in [0.15, 0.2) is 58.7 Å². The van der Waals surface area contributed by atoms with E-state index in [-0.39, 0.29) is 0 Å². The number of rotatable bonds is 2. The molecule has 2 aromatic carbocycles. The second-order valence-electron chi connectivity index (χ2n) is 4.88. The largest absolute Gasteiger partial charge is 0.257 e. The van der Waals surface area contributed by atoms with E-state index in [1.807, 2.05) is 24.3 Å². The van der Waals surface area contributed by atoms with E-state index in [1.165, 1.54) is 11.1 Å². The van der Waals surface area contributed by atoms with Crippen LogP contribution in [0.4, 0.5) is 0 Å². The van der Waals surface area contributed by atoms with E-state index in [1.54, 1.807) is 0 Å². The fraction of sp³-hybridized carbons (Fsp3) is 0.125. The minimum Gasteiger partial charge on any atom is -0.257 e. The lowest BCUT2D eigenvalue weighted by atomic mass is 10.1. The SMILES string of the molecule is Cc1ccc(C2=NNC(c3ccc(C)cc3)=NN2)cc1. The van der Waals surface area contributed by atoms with E-state index in [4.69, 9.17) is 0 Å². The number of nitrogens with zero attached hydrogens (tertiary/aromatic N) is 2. The molecule has 2 N–H and O–H groups in total. The fourth-order valence-corrected chi connectivity index (χ4v) is 1.95. The summed E-state index contributed by atoms with van der Waals surface area (Å²) in [5.41, 5.74) is 10.5. The average molecular weight is 264 g/mol. The summed E-state index contributed by atoms with van der Waals surface area (Å²) in [6.07, 6.45) is 0. The molecule has 0 fully saturated rings. The Hall–Kier alpha value is -2.62. The normalized spacial score (nSPS) is 13.9. The van der Waals surface area contributed by atoms with Crippen molar-refractivity contribution < 1.29 is 0 Å². The summed E-state index contributed by atoms with van der Waals surface area (Å²) in [7, 11) is 0. The molecule has 0 amide bonds. The number of hydrogen-bond donors (Lipinski definition) is 2. The summed E-state index contributed by atoms with van der Waals surface area (Å²) in [6.45, 7) is 4.12. The van der Waals surface area contributed by atoms with E-state index in [9.17, 15) is 0 Å². The first kappa shape index (κ1) is 12.4. The molecular formula is C16H16N4. The highest BCUT2D eigenvalue weighted by Crippen LogP contribution is 2.07. The van der Waals surface area contributed by atoms with Crippen molar-refractivity contribution >= 4 is 11.7 Å². The van der Waals surface area contributed by atoms with Crippen LogP contribution in [0.25, 0.3) is 0 Å². The number of hydrazone groups is 2. The second-order valence-corrected chi connectivity index (χ2v) is 4.88. The number of hydrogen-bond acceptors (Lipinski definition) is 4. The van der Waals surface area contributed by atoms with Gasteiger partial charge < -0.3 is 0 Å². The zero-order chi connectivity index (χ0) is 13.9. The summed E-state index contributed by atoms with van der Waals surface area (Å²) >= 11 is 0. The van der Waals surface area contributed by atoms with Gasteiger partial charge in [0.25, 0.3) is 0 Å². The Kier molecular flexibility index (Phi) is 3.21. The van der Waals surface area contributed by atoms with Crippen LogP contribution >= 0.6 is 0 Å². The van der Waals surface area contributed by atoms with E-state index in [0.29, 0.717) is 0 Å². The Labute approximate surface area is 118 Å². The van der Waals surface area contributed by atoms with Gasteiger partial charge in [-0.15, -0.1) is 0 Å². The molecule has 0 saturated carbocycles. The second kappa shape index (κ2) is 5.17. The highest BCUT2D eigenvalue weighted by molar-refractivity contribution is 6.05. The quantitative estimate of drug-likeness (QED) is 0.875. The summed E-state index contributed by atoms with van der Waals surface area (Å²) in [5.74, 6) is 1.45. The first-order valence-corrected chi connectivity index (χ1v) is 6.54. The van der Waals surface area contributed by atoms with Crippen LogP contribution in [0.2, 0.25) is 0 Å². The van der Waals surface area contributed by atoms with Gasteiger partial charge in [0.1, 0.15) is 0 Å². The average Bonchev–Trinajstić information content (AvgIpc) is 2.49.